The van der Waals surface area contributed by atoms with Crippen LogP contribution in [-0.4, -0.2) is 40.4 Å². The van der Waals surface area contributed by atoms with Crippen molar-refractivity contribution in [2.75, 3.05) is 19.6 Å². The SMILES string of the molecule is CCc1cc(CN2CCNC(C(C)(C)C)C2)n(CC)n1. The molecule has 1 fully saturated rings. The molecule has 0 aliphatic carbocycles. The molecular weight excluding hydrogens is 248 g/mol. The van der Waals surface area contributed by atoms with Gasteiger partial charge in [0.05, 0.1) is 11.4 Å². The summed E-state index contributed by atoms with van der Waals surface area (Å²) < 4.78 is 2.16. The van der Waals surface area contributed by atoms with Crippen molar-refractivity contribution in [2.24, 2.45) is 5.41 Å². The Labute approximate surface area is 123 Å². The van der Waals surface area contributed by atoms with Gasteiger partial charge in [0.2, 0.25) is 0 Å². The van der Waals surface area contributed by atoms with Crippen LogP contribution in [0, 0.1) is 5.41 Å². The van der Waals surface area contributed by atoms with E-state index in [9.17, 15) is 0 Å². The Morgan fingerprint density at radius 1 is 1.35 bits per heavy atom. The highest BCUT2D eigenvalue weighted by molar-refractivity contribution is 5.11. The quantitative estimate of drug-likeness (QED) is 0.917. The lowest BCUT2D eigenvalue weighted by Crippen LogP contribution is -2.55. The zero-order chi connectivity index (χ0) is 14.8. The maximum atomic E-state index is 4.65. The lowest BCUT2D eigenvalue weighted by atomic mass is 9.85. The Morgan fingerprint density at radius 2 is 2.10 bits per heavy atom. The number of nitrogens with one attached hydrogen (secondary N) is 1. The molecular formula is C16H30N4. The van der Waals surface area contributed by atoms with Crippen molar-refractivity contribution in [1.82, 2.24) is 20.0 Å². The first-order chi connectivity index (χ1) is 9.44. The molecule has 2 rings (SSSR count). The number of aryl methyl sites for hydroxylation is 2. The lowest BCUT2D eigenvalue weighted by Gasteiger charge is -2.40. The summed E-state index contributed by atoms with van der Waals surface area (Å²) in [5, 5.41) is 8.31. The van der Waals surface area contributed by atoms with Crippen molar-refractivity contribution < 1.29 is 0 Å². The third-order valence-corrected chi connectivity index (χ3v) is 4.27. The van der Waals surface area contributed by atoms with Gasteiger partial charge in [0, 0.05) is 38.8 Å². The molecule has 0 saturated carbocycles. The average Bonchev–Trinajstić information content (AvgIpc) is 2.80. The molecule has 1 unspecified atom stereocenters. The van der Waals surface area contributed by atoms with Crippen LogP contribution in [0.5, 0.6) is 0 Å². The normalized spacial score (nSPS) is 21.4. The highest BCUT2D eigenvalue weighted by Crippen LogP contribution is 2.22. The van der Waals surface area contributed by atoms with Crippen LogP contribution in [0.1, 0.15) is 46.0 Å². The highest BCUT2D eigenvalue weighted by Gasteiger charge is 2.29. The van der Waals surface area contributed by atoms with Crippen LogP contribution in [0.15, 0.2) is 6.07 Å². The Hall–Kier alpha value is -0.870. The number of hydrogen-bond acceptors (Lipinski definition) is 3. The van der Waals surface area contributed by atoms with Gasteiger partial charge in [0.25, 0.3) is 0 Å². The molecule has 1 N–H and O–H groups in total. The van der Waals surface area contributed by atoms with Gasteiger partial charge >= 0.3 is 0 Å². The minimum atomic E-state index is 0.318. The summed E-state index contributed by atoms with van der Waals surface area (Å²) in [6, 6.07) is 2.84. The van der Waals surface area contributed by atoms with Crippen molar-refractivity contribution in [1.29, 1.82) is 0 Å². The fraction of sp³-hybridized carbons (Fsp3) is 0.812. The standard InChI is InChI=1S/C16H30N4/c1-6-13-10-14(20(7-2)18-13)11-19-9-8-17-15(12-19)16(3,4)5/h10,15,17H,6-9,11-12H2,1-5H3. The molecule has 0 radical (unpaired) electrons. The Balaban J connectivity index is 2.04. The van der Waals surface area contributed by atoms with Gasteiger partial charge in [-0.25, -0.2) is 0 Å². The number of piperazine rings is 1. The van der Waals surface area contributed by atoms with E-state index in [1.807, 2.05) is 0 Å². The van der Waals surface area contributed by atoms with Gasteiger partial charge in [-0.05, 0) is 24.8 Å². The van der Waals surface area contributed by atoms with E-state index >= 15 is 0 Å². The molecule has 1 saturated heterocycles. The van der Waals surface area contributed by atoms with E-state index in [0.29, 0.717) is 11.5 Å². The van der Waals surface area contributed by atoms with Crippen LogP contribution in [0.3, 0.4) is 0 Å². The van der Waals surface area contributed by atoms with Crippen LogP contribution in [0.25, 0.3) is 0 Å². The van der Waals surface area contributed by atoms with E-state index in [1.165, 1.54) is 11.4 Å². The average molecular weight is 278 g/mol. The molecule has 0 spiro atoms. The molecule has 2 heterocycles. The van der Waals surface area contributed by atoms with Gasteiger partial charge in [0.15, 0.2) is 0 Å². The third kappa shape index (κ3) is 3.61. The van der Waals surface area contributed by atoms with Crippen molar-refractivity contribution in [3.05, 3.63) is 17.5 Å². The van der Waals surface area contributed by atoms with Crippen molar-refractivity contribution in [3.63, 3.8) is 0 Å². The third-order valence-electron chi connectivity index (χ3n) is 4.27. The summed E-state index contributed by atoms with van der Waals surface area (Å²) in [6.07, 6.45) is 1.02. The monoisotopic (exact) mass is 278 g/mol. The molecule has 20 heavy (non-hydrogen) atoms. The zero-order valence-electron chi connectivity index (χ0n) is 13.7. The molecule has 114 valence electrons. The maximum Gasteiger partial charge on any atom is 0.0625 e. The summed E-state index contributed by atoms with van der Waals surface area (Å²) in [5.41, 5.74) is 2.89. The number of rotatable bonds is 4. The van der Waals surface area contributed by atoms with Crippen molar-refractivity contribution in [2.45, 2.75) is 60.2 Å². The minimum absolute atomic E-state index is 0.318. The van der Waals surface area contributed by atoms with Gasteiger partial charge in [-0.2, -0.15) is 5.10 Å². The second kappa shape index (κ2) is 6.27. The predicted octanol–water partition coefficient (Wildman–Crippen LogP) is 2.29. The molecule has 0 amide bonds. The van der Waals surface area contributed by atoms with E-state index in [-0.39, 0.29) is 0 Å². The van der Waals surface area contributed by atoms with Crippen LogP contribution in [-0.2, 0) is 19.5 Å². The maximum absolute atomic E-state index is 4.65. The van der Waals surface area contributed by atoms with Crippen LogP contribution >= 0.6 is 0 Å². The van der Waals surface area contributed by atoms with E-state index in [1.54, 1.807) is 0 Å². The minimum Gasteiger partial charge on any atom is -0.311 e. The number of nitrogens with zero attached hydrogens (tertiary/aromatic N) is 3. The topological polar surface area (TPSA) is 33.1 Å². The fourth-order valence-electron chi connectivity index (χ4n) is 2.85. The number of hydrogen-bond donors (Lipinski definition) is 1. The van der Waals surface area contributed by atoms with Crippen LogP contribution in [0.2, 0.25) is 0 Å². The molecule has 0 bridgehead atoms. The molecule has 1 aromatic heterocycles. The summed E-state index contributed by atoms with van der Waals surface area (Å²) >= 11 is 0. The van der Waals surface area contributed by atoms with Crippen LogP contribution < -0.4 is 5.32 Å². The molecule has 1 aliphatic heterocycles. The summed E-state index contributed by atoms with van der Waals surface area (Å²) in [5.74, 6) is 0. The van der Waals surface area contributed by atoms with Gasteiger partial charge < -0.3 is 5.32 Å². The largest absolute Gasteiger partial charge is 0.311 e. The van der Waals surface area contributed by atoms with E-state index in [0.717, 1.165) is 39.1 Å². The second-order valence-corrected chi connectivity index (χ2v) is 6.90. The first-order valence-electron chi connectivity index (χ1n) is 7.95. The van der Waals surface area contributed by atoms with E-state index in [2.05, 4.69) is 60.7 Å². The lowest BCUT2D eigenvalue weighted by molar-refractivity contribution is 0.127. The van der Waals surface area contributed by atoms with Crippen LogP contribution in [0.4, 0.5) is 0 Å². The summed E-state index contributed by atoms with van der Waals surface area (Å²) in [6.45, 7) is 16.6. The number of aromatic nitrogens is 2. The zero-order valence-corrected chi connectivity index (χ0v) is 13.7. The molecule has 0 aromatic carbocycles. The van der Waals surface area contributed by atoms with Gasteiger partial charge in [-0.3, -0.25) is 9.58 Å². The fourth-order valence-corrected chi connectivity index (χ4v) is 2.85. The predicted molar refractivity (Wildman–Crippen MR) is 83.8 cm³/mol. The molecule has 4 nitrogen and oxygen atoms in total. The highest BCUT2D eigenvalue weighted by atomic mass is 15.3. The second-order valence-electron chi connectivity index (χ2n) is 6.90. The molecule has 1 aromatic rings. The first-order valence-corrected chi connectivity index (χ1v) is 7.95. The van der Waals surface area contributed by atoms with Gasteiger partial charge in [-0.1, -0.05) is 27.7 Å². The Bertz CT molecular complexity index is 430. The molecule has 1 atom stereocenters. The van der Waals surface area contributed by atoms with E-state index in [4.69, 9.17) is 0 Å². The van der Waals surface area contributed by atoms with Crippen molar-refractivity contribution >= 4 is 0 Å². The summed E-state index contributed by atoms with van der Waals surface area (Å²) in [7, 11) is 0. The summed E-state index contributed by atoms with van der Waals surface area (Å²) in [4.78, 5) is 2.56. The van der Waals surface area contributed by atoms with Crippen molar-refractivity contribution in [3.8, 4) is 0 Å². The molecule has 4 heteroatoms. The van der Waals surface area contributed by atoms with Gasteiger partial charge in [0.1, 0.15) is 0 Å². The Morgan fingerprint density at radius 3 is 2.70 bits per heavy atom. The molecule has 1 aliphatic rings. The van der Waals surface area contributed by atoms with E-state index < -0.39 is 0 Å². The smallest absolute Gasteiger partial charge is 0.0625 e. The Kier molecular flexibility index (Phi) is 4.86. The van der Waals surface area contributed by atoms with Gasteiger partial charge in [-0.15, -0.1) is 0 Å². The first kappa shape index (κ1) is 15.5.